The number of anilines is 1. The molecule has 0 spiro atoms. The van der Waals surface area contributed by atoms with Gasteiger partial charge in [-0.1, -0.05) is 20.8 Å². The highest BCUT2D eigenvalue weighted by molar-refractivity contribution is 5.92. The molecule has 0 radical (unpaired) electrons. The van der Waals surface area contributed by atoms with Gasteiger partial charge in [-0.2, -0.15) is 0 Å². The normalized spacial score (nSPS) is 21.4. The second-order valence-electron chi connectivity index (χ2n) is 9.71. The van der Waals surface area contributed by atoms with E-state index < -0.39 is 0 Å². The Kier molecular flexibility index (Phi) is 5.66. The SMILES string of the molecule is CN(C)CC(=O)Nc1ccc2n(c1=O)C[C@@H]1C[C@@H]2CN(C(=O)CC(C)(C)C)C1. The van der Waals surface area contributed by atoms with E-state index >= 15 is 0 Å². The molecule has 3 heterocycles. The minimum absolute atomic E-state index is 0.0296. The van der Waals surface area contributed by atoms with Crippen LogP contribution in [0.5, 0.6) is 0 Å². The summed E-state index contributed by atoms with van der Waals surface area (Å²) in [4.78, 5) is 41.4. The molecule has 7 nitrogen and oxygen atoms in total. The lowest BCUT2D eigenvalue weighted by Crippen LogP contribution is -2.49. The Morgan fingerprint density at radius 2 is 1.89 bits per heavy atom. The van der Waals surface area contributed by atoms with Gasteiger partial charge in [0.1, 0.15) is 5.69 Å². The van der Waals surface area contributed by atoms with Crippen LogP contribution in [-0.4, -0.2) is 59.9 Å². The highest BCUT2D eigenvalue weighted by Crippen LogP contribution is 2.36. The number of amides is 2. The summed E-state index contributed by atoms with van der Waals surface area (Å²) in [7, 11) is 3.63. The molecule has 154 valence electrons. The van der Waals surface area contributed by atoms with Crippen LogP contribution in [0.4, 0.5) is 5.69 Å². The first-order chi connectivity index (χ1) is 13.0. The Labute approximate surface area is 166 Å². The van der Waals surface area contributed by atoms with Crippen LogP contribution >= 0.6 is 0 Å². The van der Waals surface area contributed by atoms with Crippen molar-refractivity contribution in [3.8, 4) is 0 Å². The number of nitrogens with zero attached hydrogens (tertiary/aromatic N) is 3. The number of carbonyl (C=O) groups excluding carboxylic acids is 2. The molecule has 0 aromatic carbocycles. The van der Waals surface area contributed by atoms with Gasteiger partial charge in [0, 0.05) is 37.7 Å². The minimum atomic E-state index is -0.197. The number of aromatic nitrogens is 1. The zero-order valence-electron chi connectivity index (χ0n) is 17.6. The highest BCUT2D eigenvalue weighted by Gasteiger charge is 2.37. The summed E-state index contributed by atoms with van der Waals surface area (Å²) in [6.45, 7) is 8.44. The molecule has 2 amide bonds. The van der Waals surface area contributed by atoms with Gasteiger partial charge in [0.15, 0.2) is 0 Å². The third-order valence-electron chi connectivity index (χ3n) is 5.37. The lowest BCUT2D eigenvalue weighted by atomic mass is 9.82. The standard InChI is InChI=1S/C21H32N4O3/c1-21(2,3)9-19(27)24-10-14-8-15(12-24)17-7-6-16(20(28)25(17)11-14)22-18(26)13-23(4)5/h6-7,14-15H,8-13H2,1-5H3,(H,22,26)/t14-,15-/m1/s1. The van der Waals surface area contributed by atoms with Crippen molar-refractivity contribution < 1.29 is 9.59 Å². The molecule has 0 aliphatic carbocycles. The Bertz CT molecular complexity index is 822. The van der Waals surface area contributed by atoms with Crippen molar-refractivity contribution in [1.82, 2.24) is 14.4 Å². The van der Waals surface area contributed by atoms with Crippen LogP contribution in [0.15, 0.2) is 16.9 Å². The van der Waals surface area contributed by atoms with Crippen molar-refractivity contribution >= 4 is 17.5 Å². The minimum Gasteiger partial charge on any atom is -0.342 e. The van der Waals surface area contributed by atoms with Crippen molar-refractivity contribution in [2.75, 3.05) is 39.0 Å². The largest absolute Gasteiger partial charge is 0.342 e. The molecule has 1 aromatic rings. The molecule has 1 aromatic heterocycles. The summed E-state index contributed by atoms with van der Waals surface area (Å²) in [6.07, 6.45) is 1.54. The van der Waals surface area contributed by atoms with Crippen LogP contribution in [0.1, 0.15) is 45.2 Å². The van der Waals surface area contributed by atoms with Crippen LogP contribution in [0.3, 0.4) is 0 Å². The first kappa shape index (κ1) is 20.6. The molecule has 1 fully saturated rings. The van der Waals surface area contributed by atoms with Gasteiger partial charge in [-0.25, -0.2) is 0 Å². The van der Waals surface area contributed by atoms with E-state index in [1.165, 1.54) is 0 Å². The zero-order chi connectivity index (χ0) is 20.6. The maximum absolute atomic E-state index is 12.9. The predicted octanol–water partition coefficient (Wildman–Crippen LogP) is 1.73. The van der Waals surface area contributed by atoms with E-state index in [1.54, 1.807) is 15.5 Å². The van der Waals surface area contributed by atoms with E-state index in [0.717, 1.165) is 12.1 Å². The second kappa shape index (κ2) is 7.70. The van der Waals surface area contributed by atoms with Crippen molar-refractivity contribution in [3.63, 3.8) is 0 Å². The van der Waals surface area contributed by atoms with Gasteiger partial charge in [-0.15, -0.1) is 0 Å². The Balaban J connectivity index is 1.78. The third kappa shape index (κ3) is 4.63. The van der Waals surface area contributed by atoms with Crippen molar-refractivity contribution in [3.05, 3.63) is 28.2 Å². The number of carbonyl (C=O) groups is 2. The molecule has 3 rings (SSSR count). The van der Waals surface area contributed by atoms with Gasteiger partial charge >= 0.3 is 0 Å². The Morgan fingerprint density at radius 1 is 1.18 bits per heavy atom. The molecule has 7 heteroatoms. The summed E-state index contributed by atoms with van der Waals surface area (Å²) in [5, 5.41) is 2.73. The molecule has 28 heavy (non-hydrogen) atoms. The molecule has 1 saturated heterocycles. The summed E-state index contributed by atoms with van der Waals surface area (Å²) >= 11 is 0. The van der Waals surface area contributed by atoms with Crippen LogP contribution in [0, 0.1) is 11.3 Å². The number of pyridine rings is 1. The van der Waals surface area contributed by atoms with Gasteiger partial charge in [0.05, 0.1) is 6.54 Å². The van der Waals surface area contributed by atoms with E-state index in [2.05, 4.69) is 26.1 Å². The maximum Gasteiger partial charge on any atom is 0.274 e. The first-order valence-corrected chi connectivity index (χ1v) is 9.99. The number of piperidine rings is 1. The van der Waals surface area contributed by atoms with Crippen molar-refractivity contribution in [2.24, 2.45) is 11.3 Å². The molecule has 2 aliphatic rings. The fourth-order valence-electron chi connectivity index (χ4n) is 4.29. The second-order valence-corrected chi connectivity index (χ2v) is 9.71. The van der Waals surface area contributed by atoms with E-state index in [0.29, 0.717) is 31.7 Å². The van der Waals surface area contributed by atoms with E-state index in [9.17, 15) is 14.4 Å². The number of likely N-dealkylation sites (N-methyl/N-ethyl adjacent to an activating group) is 1. The molecule has 0 unspecified atom stereocenters. The number of rotatable bonds is 4. The monoisotopic (exact) mass is 388 g/mol. The van der Waals surface area contributed by atoms with Gasteiger partial charge < -0.3 is 19.7 Å². The lowest BCUT2D eigenvalue weighted by molar-refractivity contribution is -0.135. The van der Waals surface area contributed by atoms with Crippen molar-refractivity contribution in [1.29, 1.82) is 0 Å². The van der Waals surface area contributed by atoms with Crippen LogP contribution < -0.4 is 10.9 Å². The number of hydrogen-bond donors (Lipinski definition) is 1. The summed E-state index contributed by atoms with van der Waals surface area (Å²) in [5.74, 6) is 0.458. The topological polar surface area (TPSA) is 74.7 Å². The Hall–Kier alpha value is -2.15. The van der Waals surface area contributed by atoms with E-state index in [1.807, 2.05) is 25.1 Å². The average molecular weight is 389 g/mol. The van der Waals surface area contributed by atoms with Crippen LogP contribution in [0.2, 0.25) is 0 Å². The van der Waals surface area contributed by atoms with Gasteiger partial charge in [0.2, 0.25) is 11.8 Å². The quantitative estimate of drug-likeness (QED) is 0.852. The first-order valence-electron chi connectivity index (χ1n) is 9.99. The van der Waals surface area contributed by atoms with E-state index in [4.69, 9.17) is 0 Å². The summed E-state index contributed by atoms with van der Waals surface area (Å²) in [6, 6.07) is 3.64. The molecule has 2 bridgehead atoms. The molecule has 1 N–H and O–H groups in total. The van der Waals surface area contributed by atoms with Gasteiger partial charge in [-0.3, -0.25) is 14.4 Å². The fourth-order valence-corrected chi connectivity index (χ4v) is 4.29. The molecule has 2 aliphatic heterocycles. The van der Waals surface area contributed by atoms with Gasteiger partial charge in [0.25, 0.3) is 5.56 Å². The fraction of sp³-hybridized carbons (Fsp3) is 0.667. The summed E-state index contributed by atoms with van der Waals surface area (Å²) < 4.78 is 1.80. The van der Waals surface area contributed by atoms with Crippen molar-refractivity contribution in [2.45, 2.75) is 46.1 Å². The molecule has 0 saturated carbocycles. The number of likely N-dealkylation sites (tertiary alicyclic amines) is 1. The van der Waals surface area contributed by atoms with Crippen LogP contribution in [-0.2, 0) is 16.1 Å². The third-order valence-corrected chi connectivity index (χ3v) is 5.37. The molecule has 2 atom stereocenters. The number of nitrogens with one attached hydrogen (secondary N) is 1. The lowest BCUT2D eigenvalue weighted by Gasteiger charge is -2.43. The smallest absolute Gasteiger partial charge is 0.274 e. The number of fused-ring (bicyclic) bond motifs is 4. The molecular weight excluding hydrogens is 356 g/mol. The van der Waals surface area contributed by atoms with Gasteiger partial charge in [-0.05, 0) is 44.0 Å². The van der Waals surface area contributed by atoms with Crippen LogP contribution in [0.25, 0.3) is 0 Å². The predicted molar refractivity (Wildman–Crippen MR) is 109 cm³/mol. The average Bonchev–Trinajstić information content (AvgIpc) is 2.55. The molecular formula is C21H32N4O3. The highest BCUT2D eigenvalue weighted by atomic mass is 16.2. The number of hydrogen-bond acceptors (Lipinski definition) is 4. The van der Waals surface area contributed by atoms with E-state index in [-0.39, 0.29) is 41.2 Å². The zero-order valence-corrected chi connectivity index (χ0v) is 17.6. The summed E-state index contributed by atoms with van der Waals surface area (Å²) in [5.41, 5.74) is 1.13. The Morgan fingerprint density at radius 3 is 2.54 bits per heavy atom. The maximum atomic E-state index is 12.9.